The molecule has 156 valence electrons. The molecule has 8 nitrogen and oxygen atoms in total. The van der Waals surface area contributed by atoms with Gasteiger partial charge in [0.2, 0.25) is 11.8 Å². The van der Waals surface area contributed by atoms with Crippen LogP contribution in [-0.4, -0.2) is 83.4 Å². The van der Waals surface area contributed by atoms with E-state index in [9.17, 15) is 9.59 Å². The van der Waals surface area contributed by atoms with Gasteiger partial charge in [0.25, 0.3) is 0 Å². The number of likely N-dealkylation sites (tertiary alicyclic amines) is 1. The quantitative estimate of drug-likeness (QED) is 0.596. The molecule has 2 atom stereocenters. The number of nitrogens with zero attached hydrogens (tertiary/aromatic N) is 2. The molecule has 1 aromatic rings. The summed E-state index contributed by atoms with van der Waals surface area (Å²) in [5, 5.41) is 0. The Balaban J connectivity index is 2.38. The monoisotopic (exact) mass is 394 g/mol. The third kappa shape index (κ3) is 4.74. The van der Waals surface area contributed by atoms with Crippen molar-refractivity contribution in [3.05, 3.63) is 23.8 Å². The van der Waals surface area contributed by atoms with Gasteiger partial charge in [0, 0.05) is 40.8 Å². The summed E-state index contributed by atoms with van der Waals surface area (Å²) in [4.78, 5) is 29.1. The maximum absolute atomic E-state index is 13.1. The van der Waals surface area contributed by atoms with Gasteiger partial charge in [0.1, 0.15) is 0 Å². The first-order chi connectivity index (χ1) is 13.5. The van der Waals surface area contributed by atoms with Crippen molar-refractivity contribution >= 4 is 11.8 Å². The van der Waals surface area contributed by atoms with Gasteiger partial charge in [-0.3, -0.25) is 9.59 Å². The molecule has 0 bridgehead atoms. The molecule has 28 heavy (non-hydrogen) atoms. The van der Waals surface area contributed by atoms with Crippen molar-refractivity contribution < 1.29 is 28.5 Å². The molecule has 1 heterocycles. The fraction of sp³-hybridized carbons (Fsp3) is 0.600. The molecular weight excluding hydrogens is 364 g/mol. The van der Waals surface area contributed by atoms with Crippen LogP contribution in [-0.2, 0) is 19.1 Å². The number of carbonyl (C=O) groups excluding carboxylic acids is 2. The maximum atomic E-state index is 13.1. The van der Waals surface area contributed by atoms with E-state index in [0.717, 1.165) is 5.56 Å². The molecule has 1 aromatic carbocycles. The van der Waals surface area contributed by atoms with Crippen LogP contribution in [0.25, 0.3) is 0 Å². The van der Waals surface area contributed by atoms with Gasteiger partial charge in [-0.05, 0) is 17.7 Å². The van der Waals surface area contributed by atoms with Crippen LogP contribution in [0.3, 0.4) is 0 Å². The van der Waals surface area contributed by atoms with Crippen LogP contribution in [0.15, 0.2) is 18.2 Å². The molecule has 1 aliphatic rings. The number of methoxy groups -OCH3 is 4. The number of benzene rings is 1. The number of amides is 2. The average molecular weight is 394 g/mol. The van der Waals surface area contributed by atoms with Gasteiger partial charge >= 0.3 is 0 Å². The first kappa shape index (κ1) is 22.0. The van der Waals surface area contributed by atoms with E-state index in [1.54, 1.807) is 51.4 Å². The zero-order chi connectivity index (χ0) is 20.7. The number of ether oxygens (including phenoxy) is 4. The minimum atomic E-state index is -0.482. The fourth-order valence-corrected chi connectivity index (χ4v) is 3.54. The minimum absolute atomic E-state index is 0.0599. The topological polar surface area (TPSA) is 77.5 Å². The standard InChI is InChI=1S/C20H30N2O6/c1-21(8-10-25-2)20(24)15-13-18(23)22(9-11-26-3)19(15)14-6-7-16(27-4)17(12-14)28-5/h6-7,12,15,19H,8-11,13H2,1-5H3/t15-,19+/m1/s1. The van der Waals surface area contributed by atoms with E-state index in [2.05, 4.69) is 0 Å². The number of hydrogen-bond acceptors (Lipinski definition) is 6. The Hall–Kier alpha value is -2.32. The van der Waals surface area contributed by atoms with Gasteiger partial charge in [-0.15, -0.1) is 0 Å². The predicted molar refractivity (Wildman–Crippen MR) is 103 cm³/mol. The Morgan fingerprint density at radius 3 is 2.39 bits per heavy atom. The molecule has 0 radical (unpaired) electrons. The minimum Gasteiger partial charge on any atom is -0.493 e. The summed E-state index contributed by atoms with van der Waals surface area (Å²) in [6.45, 7) is 1.73. The van der Waals surface area contributed by atoms with E-state index in [0.29, 0.717) is 37.8 Å². The number of carbonyl (C=O) groups is 2. The van der Waals surface area contributed by atoms with Gasteiger partial charge < -0.3 is 28.7 Å². The molecule has 0 aromatic heterocycles. The van der Waals surface area contributed by atoms with E-state index >= 15 is 0 Å². The van der Waals surface area contributed by atoms with Crippen molar-refractivity contribution in [1.82, 2.24) is 9.80 Å². The Morgan fingerprint density at radius 2 is 1.79 bits per heavy atom. The number of rotatable bonds is 10. The molecule has 0 N–H and O–H groups in total. The second kappa shape index (κ2) is 10.3. The predicted octanol–water partition coefficient (Wildman–Crippen LogP) is 1.34. The lowest BCUT2D eigenvalue weighted by Gasteiger charge is -2.30. The molecule has 1 aliphatic heterocycles. The van der Waals surface area contributed by atoms with Gasteiger partial charge in [-0.2, -0.15) is 0 Å². The Labute approximate surface area is 166 Å². The van der Waals surface area contributed by atoms with Crippen molar-refractivity contribution in [2.24, 2.45) is 5.92 Å². The first-order valence-corrected chi connectivity index (χ1v) is 9.22. The van der Waals surface area contributed by atoms with Crippen LogP contribution in [0.1, 0.15) is 18.0 Å². The Kier molecular flexibility index (Phi) is 8.07. The zero-order valence-corrected chi connectivity index (χ0v) is 17.3. The maximum Gasteiger partial charge on any atom is 0.228 e. The molecule has 0 saturated carbocycles. The van der Waals surface area contributed by atoms with Gasteiger partial charge in [0.05, 0.1) is 39.4 Å². The van der Waals surface area contributed by atoms with Crippen LogP contribution in [0.5, 0.6) is 11.5 Å². The van der Waals surface area contributed by atoms with Gasteiger partial charge in [-0.1, -0.05) is 6.07 Å². The molecule has 0 unspecified atom stereocenters. The Bertz CT molecular complexity index is 681. The van der Waals surface area contributed by atoms with Crippen molar-refractivity contribution in [2.75, 3.05) is 61.8 Å². The van der Waals surface area contributed by atoms with Crippen LogP contribution < -0.4 is 9.47 Å². The largest absolute Gasteiger partial charge is 0.493 e. The van der Waals surface area contributed by atoms with Crippen LogP contribution >= 0.6 is 0 Å². The summed E-state index contributed by atoms with van der Waals surface area (Å²) in [5.41, 5.74) is 0.832. The SMILES string of the molecule is COCCN(C)C(=O)[C@@H]1CC(=O)N(CCOC)[C@H]1c1ccc(OC)c(OC)c1. The van der Waals surface area contributed by atoms with Crippen LogP contribution in [0.4, 0.5) is 0 Å². The van der Waals surface area contributed by atoms with E-state index in [4.69, 9.17) is 18.9 Å². The fourth-order valence-electron chi connectivity index (χ4n) is 3.54. The van der Waals surface area contributed by atoms with E-state index in [-0.39, 0.29) is 24.3 Å². The number of likely N-dealkylation sites (N-methyl/N-ethyl adjacent to an activating group) is 1. The molecule has 8 heteroatoms. The summed E-state index contributed by atoms with van der Waals surface area (Å²) in [6, 6.07) is 5.11. The highest BCUT2D eigenvalue weighted by Gasteiger charge is 2.45. The lowest BCUT2D eigenvalue weighted by Crippen LogP contribution is -2.39. The number of hydrogen-bond donors (Lipinski definition) is 0. The Morgan fingerprint density at radius 1 is 1.11 bits per heavy atom. The molecule has 0 spiro atoms. The molecule has 1 fully saturated rings. The molecule has 2 rings (SSSR count). The van der Waals surface area contributed by atoms with Crippen molar-refractivity contribution in [3.8, 4) is 11.5 Å². The van der Waals surface area contributed by atoms with Gasteiger partial charge in [-0.25, -0.2) is 0 Å². The highest BCUT2D eigenvalue weighted by molar-refractivity contribution is 5.90. The van der Waals surface area contributed by atoms with Crippen LogP contribution in [0, 0.1) is 5.92 Å². The van der Waals surface area contributed by atoms with E-state index < -0.39 is 5.92 Å². The lowest BCUT2D eigenvalue weighted by molar-refractivity contribution is -0.135. The normalized spacial score (nSPS) is 19.0. The highest BCUT2D eigenvalue weighted by Crippen LogP contribution is 2.41. The van der Waals surface area contributed by atoms with E-state index in [1.807, 2.05) is 12.1 Å². The first-order valence-electron chi connectivity index (χ1n) is 9.22. The summed E-state index contributed by atoms with van der Waals surface area (Å²) >= 11 is 0. The zero-order valence-electron chi connectivity index (χ0n) is 17.3. The molecule has 1 saturated heterocycles. The average Bonchev–Trinajstić information content (AvgIpc) is 3.05. The van der Waals surface area contributed by atoms with Crippen molar-refractivity contribution in [1.29, 1.82) is 0 Å². The molecule has 2 amide bonds. The summed E-state index contributed by atoms with van der Waals surface area (Å²) in [6.07, 6.45) is 0.166. The van der Waals surface area contributed by atoms with Crippen molar-refractivity contribution in [3.63, 3.8) is 0 Å². The second-order valence-corrected chi connectivity index (χ2v) is 6.70. The lowest BCUT2D eigenvalue weighted by atomic mass is 9.92. The summed E-state index contributed by atoms with van der Waals surface area (Å²) < 4.78 is 21.0. The smallest absolute Gasteiger partial charge is 0.228 e. The third-order valence-electron chi connectivity index (χ3n) is 5.04. The summed E-state index contributed by atoms with van der Waals surface area (Å²) in [7, 11) is 8.04. The van der Waals surface area contributed by atoms with Gasteiger partial charge in [0.15, 0.2) is 11.5 Å². The van der Waals surface area contributed by atoms with Crippen molar-refractivity contribution in [2.45, 2.75) is 12.5 Å². The second-order valence-electron chi connectivity index (χ2n) is 6.70. The third-order valence-corrected chi connectivity index (χ3v) is 5.04. The molecule has 0 aliphatic carbocycles. The molecular formula is C20H30N2O6. The highest BCUT2D eigenvalue weighted by atomic mass is 16.5. The van der Waals surface area contributed by atoms with Crippen LogP contribution in [0.2, 0.25) is 0 Å². The van der Waals surface area contributed by atoms with E-state index in [1.165, 1.54) is 0 Å². The summed E-state index contributed by atoms with van der Waals surface area (Å²) in [5.74, 6) is 0.536.